The van der Waals surface area contributed by atoms with Gasteiger partial charge in [0.05, 0.1) is 30.1 Å². The Labute approximate surface area is 116 Å². The zero-order valence-corrected chi connectivity index (χ0v) is 11.4. The van der Waals surface area contributed by atoms with Crippen molar-refractivity contribution in [2.24, 2.45) is 0 Å². The fourth-order valence-corrected chi connectivity index (χ4v) is 2.13. The third kappa shape index (κ3) is 2.64. The number of aromatic nitrogens is 2. The molecule has 1 aromatic carbocycles. The van der Waals surface area contributed by atoms with E-state index in [1.807, 2.05) is 11.5 Å². The Kier molecular flexibility index (Phi) is 4.02. The monoisotopic (exact) mass is 276 g/mol. The molecule has 0 atom stereocenters. The number of carboxylic acids is 1. The maximum atomic E-state index is 11.3. The summed E-state index contributed by atoms with van der Waals surface area (Å²) in [5, 5.41) is 9.05. The predicted molar refractivity (Wildman–Crippen MR) is 72.7 cm³/mol. The molecule has 1 aromatic heterocycles. The first kappa shape index (κ1) is 14.0. The summed E-state index contributed by atoms with van der Waals surface area (Å²) in [5.74, 6) is -0.458. The van der Waals surface area contributed by atoms with Crippen LogP contribution in [0.15, 0.2) is 18.2 Å². The number of hydrogen-bond acceptors (Lipinski definition) is 4. The van der Waals surface area contributed by atoms with Crippen molar-refractivity contribution in [1.82, 2.24) is 9.55 Å². The van der Waals surface area contributed by atoms with Crippen LogP contribution in [0.4, 0.5) is 0 Å². The van der Waals surface area contributed by atoms with Crippen molar-refractivity contribution in [2.75, 3.05) is 7.11 Å². The van der Waals surface area contributed by atoms with E-state index < -0.39 is 5.97 Å². The van der Waals surface area contributed by atoms with Crippen LogP contribution in [0.2, 0.25) is 0 Å². The van der Waals surface area contributed by atoms with Crippen molar-refractivity contribution < 1.29 is 19.4 Å². The molecule has 2 aromatic rings. The molecular weight excluding hydrogens is 260 g/mol. The molecule has 6 heteroatoms. The number of hydrogen-bond donors (Lipinski definition) is 1. The maximum absolute atomic E-state index is 11.3. The summed E-state index contributed by atoms with van der Waals surface area (Å²) in [5.41, 5.74) is 1.67. The van der Waals surface area contributed by atoms with Crippen LogP contribution < -0.4 is 0 Å². The molecule has 0 aliphatic carbocycles. The van der Waals surface area contributed by atoms with E-state index in [2.05, 4.69) is 9.72 Å². The number of ether oxygens (including phenoxy) is 1. The standard InChI is InChI=1S/C14H16N2O4/c1-3-12-15-10-5-4-9(14(18)19)8-11(10)16(12)7-6-13(17)20-2/h4-5,8H,3,6-7H2,1-2H3,(H,18,19). The summed E-state index contributed by atoms with van der Waals surface area (Å²) in [6, 6.07) is 4.80. The molecule has 0 fully saturated rings. The molecule has 0 aliphatic rings. The number of benzene rings is 1. The molecule has 0 amide bonds. The second-order valence-corrected chi connectivity index (χ2v) is 4.37. The van der Waals surface area contributed by atoms with Gasteiger partial charge in [-0.3, -0.25) is 4.79 Å². The highest BCUT2D eigenvalue weighted by Gasteiger charge is 2.13. The van der Waals surface area contributed by atoms with E-state index in [-0.39, 0.29) is 18.0 Å². The van der Waals surface area contributed by atoms with Crippen LogP contribution in [0, 0.1) is 0 Å². The number of nitrogens with zero attached hydrogens (tertiary/aromatic N) is 2. The summed E-state index contributed by atoms with van der Waals surface area (Å²) in [6.07, 6.45) is 0.935. The summed E-state index contributed by atoms with van der Waals surface area (Å²) < 4.78 is 6.50. The Balaban J connectivity index is 2.45. The number of carbonyl (C=O) groups excluding carboxylic acids is 1. The predicted octanol–water partition coefficient (Wildman–Crippen LogP) is 1.86. The van der Waals surface area contributed by atoms with Gasteiger partial charge in [-0.25, -0.2) is 9.78 Å². The van der Waals surface area contributed by atoms with Gasteiger partial charge < -0.3 is 14.4 Å². The lowest BCUT2D eigenvalue weighted by molar-refractivity contribution is -0.140. The first-order valence-corrected chi connectivity index (χ1v) is 6.36. The van der Waals surface area contributed by atoms with Crippen LogP contribution in [-0.4, -0.2) is 33.7 Å². The Morgan fingerprint density at radius 3 is 2.75 bits per heavy atom. The van der Waals surface area contributed by atoms with E-state index in [0.717, 1.165) is 16.9 Å². The van der Waals surface area contributed by atoms with Crippen molar-refractivity contribution in [3.63, 3.8) is 0 Å². The topological polar surface area (TPSA) is 81.4 Å². The normalized spacial score (nSPS) is 10.7. The van der Waals surface area contributed by atoms with Gasteiger partial charge >= 0.3 is 11.9 Å². The lowest BCUT2D eigenvalue weighted by Crippen LogP contribution is -2.09. The van der Waals surface area contributed by atoms with Gasteiger partial charge in [-0.1, -0.05) is 6.92 Å². The zero-order valence-electron chi connectivity index (χ0n) is 11.4. The van der Waals surface area contributed by atoms with E-state index in [9.17, 15) is 9.59 Å². The molecule has 20 heavy (non-hydrogen) atoms. The lowest BCUT2D eigenvalue weighted by Gasteiger charge is -2.07. The molecule has 2 rings (SSSR count). The number of esters is 1. The van der Waals surface area contributed by atoms with Gasteiger partial charge in [0, 0.05) is 13.0 Å². The van der Waals surface area contributed by atoms with E-state index in [0.29, 0.717) is 13.0 Å². The molecule has 0 radical (unpaired) electrons. The highest BCUT2D eigenvalue weighted by molar-refractivity contribution is 5.92. The van der Waals surface area contributed by atoms with Gasteiger partial charge in [-0.05, 0) is 18.2 Å². The Bertz CT molecular complexity index is 660. The van der Waals surface area contributed by atoms with E-state index in [1.54, 1.807) is 12.1 Å². The average molecular weight is 276 g/mol. The quantitative estimate of drug-likeness (QED) is 0.843. The molecule has 1 N–H and O–H groups in total. The summed E-state index contributed by atoms with van der Waals surface area (Å²) in [4.78, 5) is 26.8. The summed E-state index contributed by atoms with van der Waals surface area (Å²) >= 11 is 0. The number of methoxy groups -OCH3 is 1. The number of carboxylic acid groups (broad SMARTS) is 1. The third-order valence-corrected chi connectivity index (χ3v) is 3.16. The second kappa shape index (κ2) is 5.73. The number of carbonyl (C=O) groups is 2. The zero-order chi connectivity index (χ0) is 14.7. The highest BCUT2D eigenvalue weighted by Crippen LogP contribution is 2.19. The number of imidazole rings is 1. The van der Waals surface area contributed by atoms with Gasteiger partial charge in [-0.15, -0.1) is 0 Å². The Morgan fingerprint density at radius 1 is 1.40 bits per heavy atom. The van der Waals surface area contributed by atoms with Crippen molar-refractivity contribution in [2.45, 2.75) is 26.3 Å². The van der Waals surface area contributed by atoms with Crippen molar-refractivity contribution >= 4 is 23.0 Å². The van der Waals surface area contributed by atoms with Gasteiger partial charge in [0.2, 0.25) is 0 Å². The van der Waals surface area contributed by atoms with Crippen LogP contribution >= 0.6 is 0 Å². The Morgan fingerprint density at radius 2 is 2.15 bits per heavy atom. The molecular formula is C14H16N2O4. The third-order valence-electron chi connectivity index (χ3n) is 3.16. The van der Waals surface area contributed by atoms with Crippen LogP contribution in [0.1, 0.15) is 29.5 Å². The molecule has 6 nitrogen and oxygen atoms in total. The van der Waals surface area contributed by atoms with Gasteiger partial charge in [-0.2, -0.15) is 0 Å². The molecule has 106 valence electrons. The molecule has 0 saturated carbocycles. The van der Waals surface area contributed by atoms with Crippen LogP contribution in [-0.2, 0) is 22.5 Å². The summed E-state index contributed by atoms with van der Waals surface area (Å²) in [6.45, 7) is 2.39. The number of aromatic carboxylic acids is 1. The van der Waals surface area contributed by atoms with Crippen LogP contribution in [0.3, 0.4) is 0 Å². The molecule has 0 saturated heterocycles. The largest absolute Gasteiger partial charge is 0.478 e. The van der Waals surface area contributed by atoms with E-state index in [1.165, 1.54) is 13.2 Å². The van der Waals surface area contributed by atoms with Crippen LogP contribution in [0.5, 0.6) is 0 Å². The van der Waals surface area contributed by atoms with E-state index in [4.69, 9.17) is 5.11 Å². The minimum Gasteiger partial charge on any atom is -0.478 e. The second-order valence-electron chi connectivity index (χ2n) is 4.37. The lowest BCUT2D eigenvalue weighted by atomic mass is 10.2. The summed E-state index contributed by atoms with van der Waals surface area (Å²) in [7, 11) is 1.34. The maximum Gasteiger partial charge on any atom is 0.335 e. The van der Waals surface area contributed by atoms with Gasteiger partial charge in [0.25, 0.3) is 0 Å². The molecule has 1 heterocycles. The van der Waals surface area contributed by atoms with Crippen molar-refractivity contribution in [3.05, 3.63) is 29.6 Å². The SMILES string of the molecule is CCc1nc2ccc(C(=O)O)cc2n1CCC(=O)OC. The molecule has 0 aliphatic heterocycles. The molecule has 0 unspecified atom stereocenters. The number of fused-ring (bicyclic) bond motifs is 1. The smallest absolute Gasteiger partial charge is 0.335 e. The average Bonchev–Trinajstić information content (AvgIpc) is 2.81. The Hall–Kier alpha value is -2.37. The number of aryl methyl sites for hydroxylation is 2. The first-order valence-electron chi connectivity index (χ1n) is 6.36. The number of rotatable bonds is 5. The first-order chi connectivity index (χ1) is 9.56. The highest BCUT2D eigenvalue weighted by atomic mass is 16.5. The van der Waals surface area contributed by atoms with Crippen LogP contribution in [0.25, 0.3) is 11.0 Å². The van der Waals surface area contributed by atoms with E-state index >= 15 is 0 Å². The van der Waals surface area contributed by atoms with Crippen molar-refractivity contribution in [1.29, 1.82) is 0 Å². The van der Waals surface area contributed by atoms with Crippen molar-refractivity contribution in [3.8, 4) is 0 Å². The molecule has 0 bridgehead atoms. The van der Waals surface area contributed by atoms with Gasteiger partial charge in [0.1, 0.15) is 5.82 Å². The fourth-order valence-electron chi connectivity index (χ4n) is 2.13. The minimum atomic E-state index is -0.981. The minimum absolute atomic E-state index is 0.208. The van der Waals surface area contributed by atoms with Gasteiger partial charge in [0.15, 0.2) is 0 Å². The fraction of sp³-hybridized carbons (Fsp3) is 0.357. The molecule has 0 spiro atoms.